The number of hydrogen-bond acceptors (Lipinski definition) is 0. The third kappa shape index (κ3) is 1.39. The van der Waals surface area contributed by atoms with Crippen LogP contribution in [-0.2, 0) is 0 Å². The predicted octanol–water partition coefficient (Wildman–Crippen LogP) is 3.75. The van der Waals surface area contributed by atoms with Crippen LogP contribution in [0.4, 0.5) is 0 Å². The smallest absolute Gasteiger partial charge is 0.0159 e. The summed E-state index contributed by atoms with van der Waals surface area (Å²) in [4.78, 5) is 0. The average molecular weight is 172 g/mol. The molecule has 0 saturated heterocycles. The van der Waals surface area contributed by atoms with Crippen molar-refractivity contribution in [3.05, 3.63) is 34.9 Å². The Balaban J connectivity index is 1.95. The summed E-state index contributed by atoms with van der Waals surface area (Å²) in [5.41, 5.74) is 4.73. The molecule has 0 amide bonds. The maximum absolute atomic E-state index is 2.42. The molecular weight excluding hydrogens is 156 g/mol. The molecule has 0 heteroatoms. The molecule has 0 spiro atoms. The van der Waals surface area contributed by atoms with Gasteiger partial charge in [0, 0.05) is 0 Å². The van der Waals surface area contributed by atoms with Crippen LogP contribution in [0.5, 0.6) is 0 Å². The maximum atomic E-state index is 2.42. The van der Waals surface area contributed by atoms with Gasteiger partial charge in [0.1, 0.15) is 0 Å². The summed E-state index contributed by atoms with van der Waals surface area (Å²) in [5.74, 6) is 1.82. The van der Waals surface area contributed by atoms with Crippen molar-refractivity contribution in [2.45, 2.75) is 44.4 Å². The summed E-state index contributed by atoms with van der Waals surface area (Å²) in [6.45, 7) is 2.28. The van der Waals surface area contributed by atoms with Crippen molar-refractivity contribution < 1.29 is 0 Å². The monoisotopic (exact) mass is 172 g/mol. The lowest BCUT2D eigenvalue weighted by atomic mass is 10.00. The Bertz CT molecular complexity index is 330. The van der Waals surface area contributed by atoms with E-state index in [-0.39, 0.29) is 0 Å². The van der Waals surface area contributed by atoms with Crippen LogP contribution in [0.2, 0.25) is 0 Å². The molecule has 2 fully saturated rings. The van der Waals surface area contributed by atoms with E-state index in [9.17, 15) is 0 Å². The summed E-state index contributed by atoms with van der Waals surface area (Å²) in [7, 11) is 0. The fraction of sp³-hybridized carbons (Fsp3) is 0.538. The van der Waals surface area contributed by atoms with E-state index in [0.29, 0.717) is 0 Å². The average Bonchev–Trinajstić information content (AvgIpc) is 3.00. The third-order valence-electron chi connectivity index (χ3n) is 3.36. The molecule has 68 valence electrons. The lowest BCUT2D eigenvalue weighted by molar-refractivity contribution is 1.06. The van der Waals surface area contributed by atoms with Crippen LogP contribution < -0.4 is 0 Å². The van der Waals surface area contributed by atoms with Crippen LogP contribution in [0.15, 0.2) is 18.2 Å². The van der Waals surface area contributed by atoms with Crippen LogP contribution in [-0.4, -0.2) is 0 Å². The molecule has 0 heterocycles. The molecule has 3 rings (SSSR count). The number of rotatable bonds is 2. The van der Waals surface area contributed by atoms with Crippen LogP contribution in [0, 0.1) is 6.92 Å². The summed E-state index contributed by atoms with van der Waals surface area (Å²) in [6.07, 6.45) is 5.68. The molecule has 0 atom stereocenters. The standard InChI is InChI=1S/C13H16/c1-9-8-12(10-2-3-10)6-7-13(9)11-4-5-11/h6-8,10-11H,2-5H2,1H3. The highest BCUT2D eigenvalue weighted by molar-refractivity contribution is 5.38. The minimum absolute atomic E-state index is 0.909. The highest BCUT2D eigenvalue weighted by atomic mass is 14.3. The molecule has 0 N–H and O–H groups in total. The summed E-state index contributed by atoms with van der Waals surface area (Å²) >= 11 is 0. The third-order valence-corrected chi connectivity index (χ3v) is 3.36. The maximum Gasteiger partial charge on any atom is -0.0159 e. The molecule has 13 heavy (non-hydrogen) atoms. The van der Waals surface area contributed by atoms with Crippen LogP contribution in [0.3, 0.4) is 0 Å². The molecule has 1 aromatic carbocycles. The van der Waals surface area contributed by atoms with Crippen molar-refractivity contribution in [3.8, 4) is 0 Å². The first kappa shape index (κ1) is 7.61. The molecule has 0 aromatic heterocycles. The van der Waals surface area contributed by atoms with Gasteiger partial charge in [0.25, 0.3) is 0 Å². The molecule has 2 aliphatic rings. The number of hydrogen-bond donors (Lipinski definition) is 0. The zero-order valence-corrected chi connectivity index (χ0v) is 8.22. The summed E-state index contributed by atoms with van der Waals surface area (Å²) in [5, 5.41) is 0. The molecule has 0 nitrogen and oxygen atoms in total. The molecule has 0 radical (unpaired) electrons. The van der Waals surface area contributed by atoms with Gasteiger partial charge in [0.15, 0.2) is 0 Å². The lowest BCUT2D eigenvalue weighted by Gasteiger charge is -2.06. The number of benzene rings is 1. The highest BCUT2D eigenvalue weighted by Gasteiger charge is 2.27. The Morgan fingerprint density at radius 3 is 2.23 bits per heavy atom. The van der Waals surface area contributed by atoms with Gasteiger partial charge < -0.3 is 0 Å². The minimum Gasteiger partial charge on any atom is -0.0585 e. The largest absolute Gasteiger partial charge is 0.0585 e. The molecular formula is C13H16. The van der Waals surface area contributed by atoms with E-state index < -0.39 is 0 Å². The van der Waals surface area contributed by atoms with Gasteiger partial charge in [0.2, 0.25) is 0 Å². The second-order valence-corrected chi connectivity index (χ2v) is 4.66. The van der Waals surface area contributed by atoms with Crippen molar-refractivity contribution in [2.24, 2.45) is 0 Å². The fourth-order valence-corrected chi connectivity index (χ4v) is 2.22. The Morgan fingerprint density at radius 1 is 1.00 bits per heavy atom. The Labute approximate surface area is 80.0 Å². The van der Waals surface area contributed by atoms with Gasteiger partial charge in [-0.2, -0.15) is 0 Å². The zero-order chi connectivity index (χ0) is 8.84. The van der Waals surface area contributed by atoms with E-state index in [1.54, 1.807) is 11.1 Å². The van der Waals surface area contributed by atoms with Gasteiger partial charge in [-0.15, -0.1) is 0 Å². The molecule has 2 saturated carbocycles. The van der Waals surface area contributed by atoms with E-state index in [1.807, 2.05) is 0 Å². The first-order chi connectivity index (χ1) is 6.34. The first-order valence-electron chi connectivity index (χ1n) is 5.45. The van der Waals surface area contributed by atoms with Crippen molar-refractivity contribution in [1.29, 1.82) is 0 Å². The second kappa shape index (κ2) is 2.60. The predicted molar refractivity (Wildman–Crippen MR) is 55.1 cm³/mol. The van der Waals surface area contributed by atoms with Crippen LogP contribution in [0.1, 0.15) is 54.2 Å². The van der Waals surface area contributed by atoms with Crippen molar-refractivity contribution in [2.75, 3.05) is 0 Å². The number of aryl methyl sites for hydroxylation is 1. The SMILES string of the molecule is Cc1cc(C2CC2)ccc1C1CC1. The van der Waals surface area contributed by atoms with Gasteiger partial charge in [-0.3, -0.25) is 0 Å². The summed E-state index contributed by atoms with van der Waals surface area (Å²) < 4.78 is 0. The lowest BCUT2D eigenvalue weighted by Crippen LogP contribution is -1.88. The Hall–Kier alpha value is -0.780. The normalized spacial score (nSPS) is 21.9. The van der Waals surface area contributed by atoms with E-state index in [2.05, 4.69) is 25.1 Å². The van der Waals surface area contributed by atoms with Crippen molar-refractivity contribution in [3.63, 3.8) is 0 Å². The zero-order valence-electron chi connectivity index (χ0n) is 8.22. The highest BCUT2D eigenvalue weighted by Crippen LogP contribution is 2.44. The minimum atomic E-state index is 0.909. The van der Waals surface area contributed by atoms with E-state index in [4.69, 9.17) is 0 Å². The first-order valence-corrected chi connectivity index (χ1v) is 5.45. The van der Waals surface area contributed by atoms with Gasteiger partial charge in [-0.05, 0) is 61.1 Å². The molecule has 0 aliphatic heterocycles. The van der Waals surface area contributed by atoms with E-state index in [0.717, 1.165) is 11.8 Å². The Kier molecular flexibility index (Phi) is 1.52. The van der Waals surface area contributed by atoms with Crippen LogP contribution >= 0.6 is 0 Å². The van der Waals surface area contributed by atoms with Gasteiger partial charge in [-0.25, -0.2) is 0 Å². The van der Waals surface area contributed by atoms with E-state index in [1.165, 1.54) is 31.2 Å². The van der Waals surface area contributed by atoms with Crippen molar-refractivity contribution in [1.82, 2.24) is 0 Å². The summed E-state index contributed by atoms with van der Waals surface area (Å²) in [6, 6.07) is 7.16. The fourth-order valence-electron chi connectivity index (χ4n) is 2.22. The van der Waals surface area contributed by atoms with Gasteiger partial charge >= 0.3 is 0 Å². The topological polar surface area (TPSA) is 0 Å². The van der Waals surface area contributed by atoms with Crippen molar-refractivity contribution >= 4 is 0 Å². The second-order valence-electron chi connectivity index (χ2n) is 4.66. The molecule has 1 aromatic rings. The quantitative estimate of drug-likeness (QED) is 0.637. The molecule has 0 bridgehead atoms. The van der Waals surface area contributed by atoms with E-state index >= 15 is 0 Å². The Morgan fingerprint density at radius 2 is 1.69 bits per heavy atom. The van der Waals surface area contributed by atoms with Crippen LogP contribution in [0.25, 0.3) is 0 Å². The van der Waals surface area contributed by atoms with Gasteiger partial charge in [-0.1, -0.05) is 18.2 Å². The molecule has 0 unspecified atom stereocenters. The molecule has 2 aliphatic carbocycles. The van der Waals surface area contributed by atoms with Gasteiger partial charge in [0.05, 0.1) is 0 Å².